The lowest BCUT2D eigenvalue weighted by Crippen LogP contribution is -2.45. The second kappa shape index (κ2) is 4.86. The fourth-order valence-electron chi connectivity index (χ4n) is 2.44. The number of nitrogens with two attached hydrogens (primary N) is 1. The van der Waals surface area contributed by atoms with Gasteiger partial charge in [0.2, 0.25) is 0 Å². The Morgan fingerprint density at radius 2 is 2.20 bits per heavy atom. The van der Waals surface area contributed by atoms with Gasteiger partial charge in [-0.25, -0.2) is 0 Å². The molecule has 3 N–H and O–H groups in total. The van der Waals surface area contributed by atoms with Crippen LogP contribution in [0, 0.1) is 5.92 Å². The molecule has 1 aliphatic rings. The summed E-state index contributed by atoms with van der Waals surface area (Å²) in [5.74, 6) is 0.165. The van der Waals surface area contributed by atoms with Crippen molar-refractivity contribution in [3.63, 3.8) is 0 Å². The van der Waals surface area contributed by atoms with Gasteiger partial charge < -0.3 is 11.1 Å². The lowest BCUT2D eigenvalue weighted by atomic mass is 10.1. The summed E-state index contributed by atoms with van der Waals surface area (Å²) in [5, 5.41) is 8.06. The van der Waals surface area contributed by atoms with Gasteiger partial charge in [0.05, 0.1) is 16.5 Å². The first-order valence-corrected chi connectivity index (χ1v) is 7.00. The Bertz CT molecular complexity index is 690. The highest BCUT2D eigenvalue weighted by atomic mass is 32.1. The highest BCUT2D eigenvalue weighted by Gasteiger charge is 2.34. The SMILES string of the molecule is Cn1nc(C(=O)NC(C(N)=S)C2CC2)c2ccccc21. The lowest BCUT2D eigenvalue weighted by Gasteiger charge is -2.15. The molecule has 0 spiro atoms. The maximum absolute atomic E-state index is 12.4. The molecule has 0 bridgehead atoms. The topological polar surface area (TPSA) is 72.9 Å². The van der Waals surface area contributed by atoms with E-state index < -0.39 is 0 Å². The van der Waals surface area contributed by atoms with Crippen molar-refractivity contribution >= 4 is 34.0 Å². The Kier molecular flexibility index (Phi) is 3.17. The molecule has 2 aromatic rings. The van der Waals surface area contributed by atoms with Crippen LogP contribution in [-0.4, -0.2) is 26.7 Å². The zero-order valence-corrected chi connectivity index (χ0v) is 12.0. The van der Waals surface area contributed by atoms with E-state index in [1.165, 1.54) is 0 Å². The second-order valence-corrected chi connectivity index (χ2v) is 5.65. The maximum Gasteiger partial charge on any atom is 0.273 e. The van der Waals surface area contributed by atoms with E-state index in [1.807, 2.05) is 31.3 Å². The van der Waals surface area contributed by atoms with Gasteiger partial charge in [0.25, 0.3) is 5.91 Å². The van der Waals surface area contributed by atoms with Crippen molar-refractivity contribution in [2.45, 2.75) is 18.9 Å². The first kappa shape index (κ1) is 13.1. The average Bonchev–Trinajstić information content (AvgIpc) is 3.20. The molecule has 0 radical (unpaired) electrons. The third kappa shape index (κ3) is 2.27. The number of rotatable bonds is 4. The predicted octanol–water partition coefficient (Wildman–Crippen LogP) is 1.37. The van der Waals surface area contributed by atoms with Crippen LogP contribution in [-0.2, 0) is 7.05 Å². The molecule has 1 aliphatic carbocycles. The third-order valence-electron chi connectivity index (χ3n) is 3.66. The van der Waals surface area contributed by atoms with Crippen molar-refractivity contribution in [3.05, 3.63) is 30.0 Å². The Morgan fingerprint density at radius 3 is 2.85 bits per heavy atom. The largest absolute Gasteiger partial charge is 0.392 e. The van der Waals surface area contributed by atoms with Crippen LogP contribution in [0.4, 0.5) is 0 Å². The molecule has 1 amide bonds. The quantitative estimate of drug-likeness (QED) is 0.833. The van der Waals surface area contributed by atoms with Gasteiger partial charge in [-0.15, -0.1) is 0 Å². The summed E-state index contributed by atoms with van der Waals surface area (Å²) in [7, 11) is 1.82. The van der Waals surface area contributed by atoms with Gasteiger partial charge in [-0.1, -0.05) is 30.4 Å². The Morgan fingerprint density at radius 1 is 1.50 bits per heavy atom. The van der Waals surface area contributed by atoms with Crippen LogP contribution in [0.15, 0.2) is 24.3 Å². The Hall–Kier alpha value is -1.95. The minimum absolute atomic E-state index is 0.216. The molecule has 0 aliphatic heterocycles. The van der Waals surface area contributed by atoms with Crippen molar-refractivity contribution in [2.24, 2.45) is 18.7 Å². The molecule has 6 heteroatoms. The highest BCUT2D eigenvalue weighted by molar-refractivity contribution is 7.80. The van der Waals surface area contributed by atoms with Crippen molar-refractivity contribution in [3.8, 4) is 0 Å². The van der Waals surface area contributed by atoms with Crippen LogP contribution in [0.2, 0.25) is 0 Å². The van der Waals surface area contributed by atoms with Gasteiger partial charge in [0.15, 0.2) is 5.69 Å². The molecule has 1 fully saturated rings. The molecule has 1 saturated carbocycles. The van der Waals surface area contributed by atoms with E-state index in [0.717, 1.165) is 23.7 Å². The van der Waals surface area contributed by atoms with E-state index in [4.69, 9.17) is 18.0 Å². The van der Waals surface area contributed by atoms with Gasteiger partial charge in [0, 0.05) is 12.4 Å². The molecule has 5 nitrogen and oxygen atoms in total. The average molecular weight is 288 g/mol. The second-order valence-electron chi connectivity index (χ2n) is 5.18. The van der Waals surface area contributed by atoms with E-state index in [-0.39, 0.29) is 11.9 Å². The van der Waals surface area contributed by atoms with Crippen LogP contribution in [0.5, 0.6) is 0 Å². The summed E-state index contributed by atoms with van der Waals surface area (Å²) < 4.78 is 1.71. The van der Waals surface area contributed by atoms with Gasteiger partial charge in [-0.3, -0.25) is 9.48 Å². The van der Waals surface area contributed by atoms with Gasteiger partial charge in [-0.05, 0) is 24.8 Å². The number of carbonyl (C=O) groups excluding carboxylic acids is 1. The fourth-order valence-corrected chi connectivity index (χ4v) is 2.69. The molecule has 1 aromatic heterocycles. The van der Waals surface area contributed by atoms with Crippen LogP contribution in [0.1, 0.15) is 23.3 Å². The number of thiocarbonyl (C=S) groups is 1. The van der Waals surface area contributed by atoms with E-state index in [2.05, 4.69) is 10.4 Å². The van der Waals surface area contributed by atoms with Gasteiger partial charge in [0.1, 0.15) is 0 Å². The monoisotopic (exact) mass is 288 g/mol. The minimum atomic E-state index is -0.224. The summed E-state index contributed by atoms with van der Waals surface area (Å²) in [5.41, 5.74) is 7.06. The minimum Gasteiger partial charge on any atom is -0.392 e. The standard InChI is InChI=1S/C14H16N4OS/c1-18-10-5-3-2-4-9(10)12(17-18)14(19)16-11(13(15)20)8-6-7-8/h2-5,8,11H,6-7H2,1H3,(H2,15,20)(H,16,19). The van der Waals surface area contributed by atoms with Crippen LogP contribution in [0.25, 0.3) is 10.9 Å². The molecular weight excluding hydrogens is 272 g/mol. The fraction of sp³-hybridized carbons (Fsp3) is 0.357. The first-order valence-electron chi connectivity index (χ1n) is 6.60. The number of aromatic nitrogens is 2. The van der Waals surface area contributed by atoms with Gasteiger partial charge >= 0.3 is 0 Å². The number of aryl methyl sites for hydroxylation is 1. The van der Waals surface area contributed by atoms with Crippen LogP contribution in [0.3, 0.4) is 0 Å². The molecule has 1 unspecified atom stereocenters. The molecular formula is C14H16N4OS. The molecule has 1 heterocycles. The third-order valence-corrected chi connectivity index (χ3v) is 3.91. The first-order chi connectivity index (χ1) is 9.58. The molecule has 3 rings (SSSR count). The van der Waals surface area contributed by atoms with Crippen molar-refractivity contribution < 1.29 is 4.79 Å². The molecule has 104 valence electrons. The summed E-state index contributed by atoms with van der Waals surface area (Å²) in [6.07, 6.45) is 2.12. The molecule has 20 heavy (non-hydrogen) atoms. The number of para-hydroxylation sites is 1. The van der Waals surface area contributed by atoms with E-state index in [9.17, 15) is 4.79 Å². The number of carbonyl (C=O) groups is 1. The maximum atomic E-state index is 12.4. The summed E-state index contributed by atoms with van der Waals surface area (Å²) in [4.78, 5) is 12.8. The van der Waals surface area contributed by atoms with Crippen molar-refractivity contribution in [2.75, 3.05) is 0 Å². The predicted molar refractivity (Wildman–Crippen MR) is 81.5 cm³/mol. The summed E-state index contributed by atoms with van der Waals surface area (Å²) in [6.45, 7) is 0. The number of nitrogens with zero attached hydrogens (tertiary/aromatic N) is 2. The van der Waals surface area contributed by atoms with E-state index >= 15 is 0 Å². The Balaban J connectivity index is 1.90. The lowest BCUT2D eigenvalue weighted by molar-refractivity contribution is 0.0939. The summed E-state index contributed by atoms with van der Waals surface area (Å²) >= 11 is 5.04. The number of hydrogen-bond donors (Lipinski definition) is 2. The van der Waals surface area contributed by atoms with E-state index in [0.29, 0.717) is 16.6 Å². The zero-order valence-electron chi connectivity index (χ0n) is 11.2. The normalized spacial score (nSPS) is 16.1. The molecule has 0 saturated heterocycles. The van der Waals surface area contributed by atoms with E-state index in [1.54, 1.807) is 4.68 Å². The molecule has 1 atom stereocenters. The van der Waals surface area contributed by atoms with Crippen LogP contribution >= 0.6 is 12.2 Å². The van der Waals surface area contributed by atoms with Gasteiger partial charge in [-0.2, -0.15) is 5.10 Å². The number of fused-ring (bicyclic) bond motifs is 1. The number of nitrogens with one attached hydrogen (secondary N) is 1. The number of hydrogen-bond acceptors (Lipinski definition) is 3. The number of benzene rings is 1. The molecule has 1 aromatic carbocycles. The Labute approximate surface area is 122 Å². The smallest absolute Gasteiger partial charge is 0.273 e. The van der Waals surface area contributed by atoms with Crippen LogP contribution < -0.4 is 11.1 Å². The zero-order chi connectivity index (χ0) is 14.3. The summed E-state index contributed by atoms with van der Waals surface area (Å²) in [6, 6.07) is 7.42. The van der Waals surface area contributed by atoms with Crippen molar-refractivity contribution in [1.29, 1.82) is 0 Å². The van der Waals surface area contributed by atoms with Crippen molar-refractivity contribution in [1.82, 2.24) is 15.1 Å². The highest BCUT2D eigenvalue weighted by Crippen LogP contribution is 2.33. The number of amides is 1.